The quantitative estimate of drug-likeness (QED) is 0.778. The molecular weight excluding hydrogens is 206 g/mol. The largest absolute Gasteiger partial charge is 0.314 e. The molecular formula is C16H23N. The molecule has 2 aliphatic rings. The van der Waals surface area contributed by atoms with Gasteiger partial charge in [0.25, 0.3) is 0 Å². The SMILES string of the molecule is Cc1cccc([C@]23CCC[C@@H](NCC2)[C@@H]3C)c1. The van der Waals surface area contributed by atoms with Crippen LogP contribution < -0.4 is 5.32 Å². The van der Waals surface area contributed by atoms with E-state index in [1.807, 2.05) is 0 Å². The van der Waals surface area contributed by atoms with E-state index in [0.717, 1.165) is 12.0 Å². The van der Waals surface area contributed by atoms with Gasteiger partial charge in [0.1, 0.15) is 0 Å². The molecule has 1 heteroatoms. The van der Waals surface area contributed by atoms with E-state index in [0.29, 0.717) is 5.41 Å². The van der Waals surface area contributed by atoms with Crippen LogP contribution in [0.1, 0.15) is 43.7 Å². The van der Waals surface area contributed by atoms with Gasteiger partial charge in [0.15, 0.2) is 0 Å². The number of fused-ring (bicyclic) bond motifs is 2. The summed E-state index contributed by atoms with van der Waals surface area (Å²) in [7, 11) is 0. The van der Waals surface area contributed by atoms with Crippen molar-refractivity contribution in [1.29, 1.82) is 0 Å². The summed E-state index contributed by atoms with van der Waals surface area (Å²) in [5, 5.41) is 3.71. The van der Waals surface area contributed by atoms with Crippen molar-refractivity contribution in [2.45, 2.75) is 51.0 Å². The zero-order chi connectivity index (χ0) is 11.9. The summed E-state index contributed by atoms with van der Waals surface area (Å²) in [6.45, 7) is 5.87. The summed E-state index contributed by atoms with van der Waals surface area (Å²) in [5.41, 5.74) is 3.46. The molecule has 1 aliphatic heterocycles. The number of hydrogen-bond acceptors (Lipinski definition) is 1. The summed E-state index contributed by atoms with van der Waals surface area (Å²) < 4.78 is 0. The van der Waals surface area contributed by atoms with Crippen molar-refractivity contribution < 1.29 is 0 Å². The van der Waals surface area contributed by atoms with E-state index in [-0.39, 0.29) is 0 Å². The molecule has 92 valence electrons. The van der Waals surface area contributed by atoms with E-state index in [1.54, 1.807) is 5.56 Å². The number of benzene rings is 1. The smallest absolute Gasteiger partial charge is 0.0101 e. The first-order chi connectivity index (χ1) is 8.22. The second-order valence-electron chi connectivity index (χ2n) is 6.02. The molecule has 1 saturated heterocycles. The molecule has 1 nitrogen and oxygen atoms in total. The summed E-state index contributed by atoms with van der Waals surface area (Å²) in [4.78, 5) is 0. The van der Waals surface area contributed by atoms with Gasteiger partial charge in [-0.1, -0.05) is 43.2 Å². The maximum absolute atomic E-state index is 3.71. The van der Waals surface area contributed by atoms with Crippen LogP contribution in [0.3, 0.4) is 0 Å². The van der Waals surface area contributed by atoms with Crippen LogP contribution >= 0.6 is 0 Å². The lowest BCUT2D eigenvalue weighted by Crippen LogP contribution is -2.55. The van der Waals surface area contributed by atoms with Crippen molar-refractivity contribution in [3.63, 3.8) is 0 Å². The average molecular weight is 229 g/mol. The molecule has 1 N–H and O–H groups in total. The molecule has 3 rings (SSSR count). The Morgan fingerprint density at radius 3 is 3.00 bits per heavy atom. The van der Waals surface area contributed by atoms with Crippen molar-refractivity contribution in [3.05, 3.63) is 35.4 Å². The lowest BCUT2D eigenvalue weighted by molar-refractivity contribution is 0.102. The Bertz CT molecular complexity index is 400. The second kappa shape index (κ2) is 4.13. The molecule has 0 radical (unpaired) electrons. The Labute approximate surface area is 105 Å². The highest BCUT2D eigenvalue weighted by Gasteiger charge is 2.46. The Kier molecular flexibility index (Phi) is 2.74. The van der Waals surface area contributed by atoms with Gasteiger partial charge >= 0.3 is 0 Å². The summed E-state index contributed by atoms with van der Waals surface area (Å²) in [6.07, 6.45) is 5.45. The molecule has 1 heterocycles. The standard InChI is InChI=1S/C16H23N/c1-12-5-3-6-14(11-12)16-8-4-7-15(13(16)2)17-10-9-16/h3,5-6,11,13,15,17H,4,7-10H2,1-2H3/t13-,15+,16+/m0/s1. The van der Waals surface area contributed by atoms with E-state index < -0.39 is 0 Å². The Hall–Kier alpha value is -0.820. The average Bonchev–Trinajstić information content (AvgIpc) is 2.29. The molecule has 1 aromatic rings. The molecule has 1 aromatic carbocycles. The predicted octanol–water partition coefficient (Wildman–Crippen LogP) is 3.41. The first-order valence-corrected chi connectivity index (χ1v) is 7.03. The van der Waals surface area contributed by atoms with Crippen LogP contribution in [0.4, 0.5) is 0 Å². The minimum Gasteiger partial charge on any atom is -0.314 e. The fourth-order valence-electron chi connectivity index (χ4n) is 4.12. The maximum atomic E-state index is 3.71. The highest BCUT2D eigenvalue weighted by Crippen LogP contribution is 2.48. The van der Waals surface area contributed by atoms with Crippen LogP contribution in [-0.4, -0.2) is 12.6 Å². The van der Waals surface area contributed by atoms with Gasteiger partial charge in [-0.3, -0.25) is 0 Å². The van der Waals surface area contributed by atoms with Gasteiger partial charge in [-0.25, -0.2) is 0 Å². The first kappa shape index (κ1) is 11.3. The third-order valence-electron chi connectivity index (χ3n) is 5.18. The third-order valence-corrected chi connectivity index (χ3v) is 5.18. The Morgan fingerprint density at radius 1 is 1.29 bits per heavy atom. The van der Waals surface area contributed by atoms with Crippen molar-refractivity contribution in [2.24, 2.45) is 5.92 Å². The molecule has 1 saturated carbocycles. The minimum atomic E-state index is 0.459. The molecule has 2 bridgehead atoms. The highest BCUT2D eigenvalue weighted by atomic mass is 14.9. The van der Waals surface area contributed by atoms with Crippen molar-refractivity contribution in [3.8, 4) is 0 Å². The van der Waals surface area contributed by atoms with E-state index in [1.165, 1.54) is 37.8 Å². The zero-order valence-corrected chi connectivity index (χ0v) is 11.0. The molecule has 17 heavy (non-hydrogen) atoms. The van der Waals surface area contributed by atoms with Crippen LogP contribution in [0.15, 0.2) is 24.3 Å². The zero-order valence-electron chi connectivity index (χ0n) is 11.0. The monoisotopic (exact) mass is 229 g/mol. The number of aryl methyl sites for hydroxylation is 1. The molecule has 1 aliphatic carbocycles. The van der Waals surface area contributed by atoms with E-state index in [9.17, 15) is 0 Å². The number of hydrogen-bond donors (Lipinski definition) is 1. The summed E-state index contributed by atoms with van der Waals surface area (Å²) >= 11 is 0. The molecule has 0 unspecified atom stereocenters. The van der Waals surface area contributed by atoms with Crippen molar-refractivity contribution in [2.75, 3.05) is 6.54 Å². The highest BCUT2D eigenvalue weighted by molar-refractivity contribution is 5.32. The molecule has 0 aromatic heterocycles. The minimum absolute atomic E-state index is 0.459. The fraction of sp³-hybridized carbons (Fsp3) is 0.625. The molecule has 0 amide bonds. The van der Waals surface area contributed by atoms with Gasteiger partial charge < -0.3 is 5.32 Å². The Morgan fingerprint density at radius 2 is 2.18 bits per heavy atom. The second-order valence-corrected chi connectivity index (χ2v) is 6.02. The number of rotatable bonds is 1. The lowest BCUT2D eigenvalue weighted by atomic mass is 9.58. The van der Waals surface area contributed by atoms with Crippen LogP contribution in [0.25, 0.3) is 0 Å². The lowest BCUT2D eigenvalue weighted by Gasteiger charge is -2.51. The van der Waals surface area contributed by atoms with Gasteiger partial charge in [-0.05, 0) is 44.2 Å². The number of piperidine rings is 1. The van der Waals surface area contributed by atoms with Crippen LogP contribution in [0.5, 0.6) is 0 Å². The fourth-order valence-corrected chi connectivity index (χ4v) is 4.12. The molecule has 0 spiro atoms. The van der Waals surface area contributed by atoms with E-state index in [4.69, 9.17) is 0 Å². The predicted molar refractivity (Wildman–Crippen MR) is 72.3 cm³/mol. The topological polar surface area (TPSA) is 12.0 Å². The number of nitrogens with one attached hydrogen (secondary N) is 1. The van der Waals surface area contributed by atoms with Gasteiger partial charge in [0.2, 0.25) is 0 Å². The van der Waals surface area contributed by atoms with Gasteiger partial charge in [-0.2, -0.15) is 0 Å². The van der Waals surface area contributed by atoms with Crippen LogP contribution in [0.2, 0.25) is 0 Å². The van der Waals surface area contributed by atoms with E-state index >= 15 is 0 Å². The summed E-state index contributed by atoms with van der Waals surface area (Å²) in [6, 6.07) is 9.98. The third kappa shape index (κ3) is 1.72. The van der Waals surface area contributed by atoms with Gasteiger partial charge in [0.05, 0.1) is 0 Å². The van der Waals surface area contributed by atoms with E-state index in [2.05, 4.69) is 43.4 Å². The van der Waals surface area contributed by atoms with Crippen molar-refractivity contribution >= 4 is 0 Å². The Balaban J connectivity index is 2.03. The normalized spacial score (nSPS) is 36.8. The first-order valence-electron chi connectivity index (χ1n) is 7.03. The van der Waals surface area contributed by atoms with Crippen LogP contribution in [0, 0.1) is 12.8 Å². The summed E-state index contributed by atoms with van der Waals surface area (Å²) in [5.74, 6) is 0.784. The maximum Gasteiger partial charge on any atom is 0.0101 e. The molecule has 2 fully saturated rings. The van der Waals surface area contributed by atoms with Crippen LogP contribution in [-0.2, 0) is 5.41 Å². The van der Waals surface area contributed by atoms with Gasteiger partial charge in [0, 0.05) is 11.5 Å². The molecule has 3 atom stereocenters. The van der Waals surface area contributed by atoms with Crippen molar-refractivity contribution in [1.82, 2.24) is 5.32 Å². The van der Waals surface area contributed by atoms with Gasteiger partial charge in [-0.15, -0.1) is 0 Å².